The third-order valence-corrected chi connectivity index (χ3v) is 6.79. The van der Waals surface area contributed by atoms with E-state index in [4.69, 9.17) is 28.1 Å². The maximum Gasteiger partial charge on any atom is 0.336 e. The maximum absolute atomic E-state index is 12.4. The average molecular weight is 679 g/mol. The van der Waals surface area contributed by atoms with Crippen LogP contribution in [-0.4, -0.2) is 54.5 Å². The zero-order chi connectivity index (χ0) is 35.4. The lowest BCUT2D eigenvalue weighted by Crippen LogP contribution is -2.04. The minimum Gasteiger partial charge on any atom is -0.494 e. The second-order valence-corrected chi connectivity index (χ2v) is 10.6. The number of esters is 3. The molecule has 4 rings (SSSR count). The van der Waals surface area contributed by atoms with Gasteiger partial charge >= 0.3 is 17.9 Å². The van der Waals surface area contributed by atoms with Gasteiger partial charge in [-0.25, -0.2) is 14.4 Å². The number of hydrogen-bond acceptors (Lipinski definition) is 11. The zero-order valence-corrected chi connectivity index (χ0v) is 27.5. The number of aromatic nitrogens is 2. The van der Waals surface area contributed by atoms with E-state index in [1.54, 1.807) is 36.4 Å². The molecule has 0 aliphatic heterocycles. The number of unbranched alkanes of at least 4 members (excludes halogenated alkanes) is 2. The highest BCUT2D eigenvalue weighted by Gasteiger charge is 2.08. The first-order valence-electron chi connectivity index (χ1n) is 16.0. The van der Waals surface area contributed by atoms with Crippen LogP contribution in [0.5, 0.6) is 17.2 Å². The fourth-order valence-electron chi connectivity index (χ4n) is 4.17. The minimum absolute atomic E-state index is 0.326. The summed E-state index contributed by atoms with van der Waals surface area (Å²) in [6.45, 7) is 8.39. The number of ether oxygens (including phenoxy) is 5. The molecule has 0 amide bonds. The zero-order valence-electron chi connectivity index (χ0n) is 27.5. The van der Waals surface area contributed by atoms with Gasteiger partial charge in [0.25, 0.3) is 0 Å². The molecule has 258 valence electrons. The minimum atomic E-state index is -0.524. The maximum atomic E-state index is 12.4. The van der Waals surface area contributed by atoms with Crippen molar-refractivity contribution < 1.29 is 42.5 Å². The van der Waals surface area contributed by atoms with E-state index in [0.29, 0.717) is 68.1 Å². The van der Waals surface area contributed by atoms with E-state index in [9.17, 15) is 14.4 Å². The lowest BCUT2D eigenvalue weighted by Gasteiger charge is -2.06. The Labute approximate surface area is 290 Å². The highest BCUT2D eigenvalue weighted by molar-refractivity contribution is 5.88. The van der Waals surface area contributed by atoms with E-state index in [1.807, 2.05) is 54.6 Å². The molecule has 11 nitrogen and oxygen atoms in total. The molecule has 1 aromatic heterocycles. The number of carbonyl (C=O) groups excluding carboxylic acids is 3. The number of rotatable bonds is 20. The molecule has 0 aliphatic rings. The van der Waals surface area contributed by atoms with Crippen LogP contribution in [0.25, 0.3) is 29.7 Å². The molecular weight excluding hydrogens is 640 g/mol. The van der Waals surface area contributed by atoms with Crippen LogP contribution in [-0.2, 0) is 23.9 Å². The van der Waals surface area contributed by atoms with Crippen molar-refractivity contribution in [1.82, 2.24) is 10.2 Å². The second-order valence-electron chi connectivity index (χ2n) is 10.6. The topological polar surface area (TPSA) is 136 Å². The molecule has 1 heterocycles. The third-order valence-electron chi connectivity index (χ3n) is 6.79. The van der Waals surface area contributed by atoms with Crippen LogP contribution < -0.4 is 14.2 Å². The van der Waals surface area contributed by atoms with Crippen LogP contribution in [0, 0.1) is 0 Å². The van der Waals surface area contributed by atoms with Gasteiger partial charge in [0.15, 0.2) is 0 Å². The molecule has 0 saturated carbocycles. The molecule has 3 aromatic carbocycles. The average Bonchev–Trinajstić information content (AvgIpc) is 3.63. The monoisotopic (exact) mass is 678 g/mol. The standard InChI is InChI=1S/C39H38N2O9/c1-3-36(42)47-27-7-5-25-45-32-17-9-29(10-18-32)13-23-35-40-41-39(50-35)31-15-21-34(22-16-31)49-38(44)24-14-30-11-19-33(20-12-30)46-26-6-8-28-48-37(43)4-2/h3-4,9-24H,1-2,5-8,25-28H2/b23-13+,24-14+. The summed E-state index contributed by atoms with van der Waals surface area (Å²) in [6.07, 6.45) is 11.7. The summed E-state index contributed by atoms with van der Waals surface area (Å²) in [5.74, 6) is 1.09. The van der Waals surface area contributed by atoms with E-state index in [1.165, 1.54) is 6.08 Å². The van der Waals surface area contributed by atoms with Crippen molar-refractivity contribution in [2.45, 2.75) is 25.7 Å². The molecule has 4 aromatic rings. The third kappa shape index (κ3) is 13.1. The van der Waals surface area contributed by atoms with Crippen molar-refractivity contribution in [3.05, 3.63) is 121 Å². The van der Waals surface area contributed by atoms with Crippen molar-refractivity contribution in [2.75, 3.05) is 26.4 Å². The fourth-order valence-corrected chi connectivity index (χ4v) is 4.17. The van der Waals surface area contributed by atoms with Crippen LogP contribution in [0.1, 0.15) is 42.7 Å². The number of nitrogens with zero attached hydrogens (tertiary/aromatic N) is 2. The molecule has 0 aliphatic carbocycles. The molecule has 0 fully saturated rings. The van der Waals surface area contributed by atoms with Gasteiger partial charge in [-0.2, -0.15) is 0 Å². The smallest absolute Gasteiger partial charge is 0.336 e. The summed E-state index contributed by atoms with van der Waals surface area (Å²) >= 11 is 0. The van der Waals surface area contributed by atoms with Gasteiger partial charge in [-0.05, 0) is 97.5 Å². The number of hydrogen-bond donors (Lipinski definition) is 0. The Morgan fingerprint density at radius 1 is 0.580 bits per heavy atom. The largest absolute Gasteiger partial charge is 0.494 e. The molecule has 0 spiro atoms. The predicted octanol–water partition coefficient (Wildman–Crippen LogP) is 7.30. The van der Waals surface area contributed by atoms with Crippen LogP contribution in [0.2, 0.25) is 0 Å². The van der Waals surface area contributed by atoms with Gasteiger partial charge in [0.1, 0.15) is 17.2 Å². The highest BCUT2D eigenvalue weighted by Crippen LogP contribution is 2.23. The first-order valence-corrected chi connectivity index (χ1v) is 16.0. The molecule has 0 saturated heterocycles. The molecule has 11 heteroatoms. The van der Waals surface area contributed by atoms with Gasteiger partial charge in [0, 0.05) is 29.9 Å². The lowest BCUT2D eigenvalue weighted by molar-refractivity contribution is -0.138. The molecule has 0 atom stereocenters. The van der Waals surface area contributed by atoms with Crippen LogP contribution >= 0.6 is 0 Å². The first kappa shape index (κ1) is 36.6. The SMILES string of the molecule is C=CC(=O)OCCCCOc1ccc(/C=C/C(=O)Oc2ccc(-c3nnc(/C=C/c4ccc(OCCCCOC(=O)C=C)cc4)o3)cc2)cc1. The van der Waals surface area contributed by atoms with Crippen molar-refractivity contribution in [3.63, 3.8) is 0 Å². The Morgan fingerprint density at radius 2 is 1.08 bits per heavy atom. The van der Waals surface area contributed by atoms with Gasteiger partial charge in [-0.15, -0.1) is 10.2 Å². The van der Waals surface area contributed by atoms with E-state index in [2.05, 4.69) is 23.4 Å². The van der Waals surface area contributed by atoms with Gasteiger partial charge < -0.3 is 28.1 Å². The van der Waals surface area contributed by atoms with Crippen molar-refractivity contribution in [3.8, 4) is 28.7 Å². The van der Waals surface area contributed by atoms with E-state index in [-0.39, 0.29) is 0 Å². The molecule has 0 N–H and O–H groups in total. The van der Waals surface area contributed by atoms with E-state index >= 15 is 0 Å². The second kappa shape index (κ2) is 20.2. The normalized spacial score (nSPS) is 10.9. The molecule has 50 heavy (non-hydrogen) atoms. The van der Waals surface area contributed by atoms with Crippen molar-refractivity contribution >= 4 is 36.1 Å². The van der Waals surface area contributed by atoms with Gasteiger partial charge in [0.05, 0.1) is 26.4 Å². The first-order chi connectivity index (χ1) is 24.4. The summed E-state index contributed by atoms with van der Waals surface area (Å²) in [7, 11) is 0. The predicted molar refractivity (Wildman–Crippen MR) is 188 cm³/mol. The Bertz CT molecular complexity index is 1760. The molecule has 0 bridgehead atoms. The quantitative estimate of drug-likeness (QED) is 0.0403. The summed E-state index contributed by atoms with van der Waals surface area (Å²) in [6, 6.07) is 21.6. The van der Waals surface area contributed by atoms with Gasteiger partial charge in [-0.3, -0.25) is 0 Å². The van der Waals surface area contributed by atoms with E-state index in [0.717, 1.165) is 41.9 Å². The Balaban J connectivity index is 1.16. The fraction of sp³-hybridized carbons (Fsp3) is 0.205. The highest BCUT2D eigenvalue weighted by atomic mass is 16.5. The van der Waals surface area contributed by atoms with E-state index < -0.39 is 17.9 Å². The summed E-state index contributed by atoms with van der Waals surface area (Å²) in [5, 5.41) is 8.20. The number of benzene rings is 3. The Morgan fingerprint density at radius 3 is 1.62 bits per heavy atom. The van der Waals surface area contributed by atoms with Crippen molar-refractivity contribution in [1.29, 1.82) is 0 Å². The van der Waals surface area contributed by atoms with Gasteiger partial charge in [-0.1, -0.05) is 37.4 Å². The Hall–Kier alpha value is -6.23. The lowest BCUT2D eigenvalue weighted by atomic mass is 10.2. The van der Waals surface area contributed by atoms with Crippen molar-refractivity contribution in [2.24, 2.45) is 0 Å². The van der Waals surface area contributed by atoms with Crippen LogP contribution in [0.3, 0.4) is 0 Å². The summed E-state index contributed by atoms with van der Waals surface area (Å²) < 4.78 is 32.5. The van der Waals surface area contributed by atoms with Crippen LogP contribution in [0.15, 0.2) is 109 Å². The van der Waals surface area contributed by atoms with Gasteiger partial charge in [0.2, 0.25) is 11.8 Å². The molecular formula is C39H38N2O9. The molecule has 0 radical (unpaired) electrons. The number of carbonyl (C=O) groups is 3. The Kier molecular flexibility index (Phi) is 14.8. The summed E-state index contributed by atoms with van der Waals surface area (Å²) in [4.78, 5) is 34.4. The molecule has 0 unspecified atom stereocenters. The summed E-state index contributed by atoms with van der Waals surface area (Å²) in [5.41, 5.74) is 2.40. The van der Waals surface area contributed by atoms with Crippen LogP contribution in [0.4, 0.5) is 0 Å².